The second-order valence-electron chi connectivity index (χ2n) is 4.71. The van der Waals surface area contributed by atoms with Crippen LogP contribution in [0.2, 0.25) is 0 Å². The lowest BCUT2D eigenvalue weighted by Crippen LogP contribution is -2.14. The highest BCUT2D eigenvalue weighted by Gasteiger charge is 2.39. The Balaban J connectivity index is 2.14. The Hall–Kier alpha value is -1.74. The van der Waals surface area contributed by atoms with E-state index in [4.69, 9.17) is 0 Å². The quantitative estimate of drug-likeness (QED) is 0.748. The third-order valence-electron chi connectivity index (χ3n) is 3.53. The maximum absolute atomic E-state index is 12.4. The van der Waals surface area contributed by atoms with Crippen molar-refractivity contribution in [3.05, 3.63) is 69.2 Å². The van der Waals surface area contributed by atoms with Gasteiger partial charge in [-0.2, -0.15) is 0 Å². The van der Waals surface area contributed by atoms with Crippen LogP contribution in [0.15, 0.2) is 46.9 Å². The number of carbonyl (C=O) groups is 2. The molecule has 1 aliphatic carbocycles. The Morgan fingerprint density at radius 2 is 1.53 bits per heavy atom. The Labute approximate surface area is 119 Å². The first-order chi connectivity index (χ1) is 9.09. The summed E-state index contributed by atoms with van der Waals surface area (Å²) in [6.07, 6.45) is 0. The lowest BCUT2D eigenvalue weighted by atomic mass is 9.91. The molecule has 0 fully saturated rings. The number of ketones is 2. The average molecular weight is 315 g/mol. The third kappa shape index (κ3) is 1.85. The van der Waals surface area contributed by atoms with Crippen LogP contribution in [0, 0.1) is 6.92 Å². The van der Waals surface area contributed by atoms with Crippen molar-refractivity contribution in [2.45, 2.75) is 12.8 Å². The normalized spacial score (nSPS) is 14.8. The summed E-state index contributed by atoms with van der Waals surface area (Å²) in [6, 6.07) is 12.7. The zero-order valence-corrected chi connectivity index (χ0v) is 11.9. The van der Waals surface area contributed by atoms with Crippen LogP contribution >= 0.6 is 15.9 Å². The van der Waals surface area contributed by atoms with E-state index in [0.717, 1.165) is 15.6 Å². The topological polar surface area (TPSA) is 34.1 Å². The van der Waals surface area contributed by atoms with Crippen LogP contribution in [0.4, 0.5) is 0 Å². The Morgan fingerprint density at radius 1 is 0.947 bits per heavy atom. The molecule has 0 bridgehead atoms. The highest BCUT2D eigenvalue weighted by molar-refractivity contribution is 9.10. The van der Waals surface area contributed by atoms with Crippen molar-refractivity contribution < 1.29 is 9.59 Å². The number of hydrogen-bond acceptors (Lipinski definition) is 2. The molecule has 0 atom stereocenters. The predicted molar refractivity (Wildman–Crippen MR) is 76.7 cm³/mol. The minimum absolute atomic E-state index is 0.0916. The lowest BCUT2D eigenvalue weighted by Gasteiger charge is -2.11. The first kappa shape index (κ1) is 12.3. The first-order valence-corrected chi connectivity index (χ1v) is 6.82. The van der Waals surface area contributed by atoms with E-state index >= 15 is 0 Å². The Bertz CT molecular complexity index is 669. The summed E-state index contributed by atoms with van der Waals surface area (Å²) in [6.45, 7) is 1.92. The molecule has 3 rings (SSSR count). The van der Waals surface area contributed by atoms with Crippen molar-refractivity contribution in [2.24, 2.45) is 0 Å². The van der Waals surface area contributed by atoms with Gasteiger partial charge in [0.2, 0.25) is 0 Å². The van der Waals surface area contributed by atoms with Crippen molar-refractivity contribution in [3.63, 3.8) is 0 Å². The molecule has 0 heterocycles. The molecule has 19 heavy (non-hydrogen) atoms. The van der Waals surface area contributed by atoms with Gasteiger partial charge >= 0.3 is 0 Å². The predicted octanol–water partition coefficient (Wildman–Crippen LogP) is 3.92. The largest absolute Gasteiger partial charge is 0.293 e. The van der Waals surface area contributed by atoms with Crippen LogP contribution in [-0.4, -0.2) is 11.6 Å². The smallest absolute Gasteiger partial charge is 0.178 e. The Morgan fingerprint density at radius 3 is 2.05 bits per heavy atom. The minimum Gasteiger partial charge on any atom is -0.293 e. The first-order valence-electron chi connectivity index (χ1n) is 6.03. The molecule has 2 nitrogen and oxygen atoms in total. The van der Waals surface area contributed by atoms with E-state index in [1.54, 1.807) is 24.3 Å². The van der Waals surface area contributed by atoms with Crippen molar-refractivity contribution in [2.75, 3.05) is 0 Å². The van der Waals surface area contributed by atoms with E-state index in [0.29, 0.717) is 11.1 Å². The molecule has 2 aromatic carbocycles. The van der Waals surface area contributed by atoms with E-state index in [2.05, 4.69) is 15.9 Å². The summed E-state index contributed by atoms with van der Waals surface area (Å²) in [5.74, 6) is -0.859. The summed E-state index contributed by atoms with van der Waals surface area (Å²) in [5, 5.41) is 0. The fourth-order valence-corrected chi connectivity index (χ4v) is 3.06. The summed E-state index contributed by atoms with van der Waals surface area (Å²) in [7, 11) is 0. The van der Waals surface area contributed by atoms with Gasteiger partial charge in [0, 0.05) is 15.6 Å². The standard InChI is InChI=1S/C16H11BrO2/c1-9-8-10(17)6-7-11(9)14-15(18)12-4-2-3-5-13(12)16(14)19/h2-8,14H,1H3. The number of aryl methyl sites for hydroxylation is 1. The molecular formula is C16H11BrO2. The van der Waals surface area contributed by atoms with Crippen molar-refractivity contribution in [1.82, 2.24) is 0 Å². The molecule has 0 saturated carbocycles. The summed E-state index contributed by atoms with van der Waals surface area (Å²) >= 11 is 3.39. The number of hydrogen-bond donors (Lipinski definition) is 0. The van der Waals surface area contributed by atoms with Gasteiger partial charge in [-0.25, -0.2) is 0 Å². The molecule has 0 amide bonds. The van der Waals surface area contributed by atoms with E-state index in [1.807, 2.05) is 25.1 Å². The second kappa shape index (κ2) is 4.42. The van der Waals surface area contributed by atoms with Crippen LogP contribution in [0.25, 0.3) is 0 Å². The fourth-order valence-electron chi connectivity index (χ4n) is 2.59. The van der Waals surface area contributed by atoms with Crippen LogP contribution in [0.5, 0.6) is 0 Å². The van der Waals surface area contributed by atoms with Gasteiger partial charge in [0.1, 0.15) is 5.92 Å². The molecule has 0 unspecified atom stereocenters. The van der Waals surface area contributed by atoms with E-state index in [9.17, 15) is 9.59 Å². The van der Waals surface area contributed by atoms with Gasteiger partial charge in [0.15, 0.2) is 11.6 Å². The highest BCUT2D eigenvalue weighted by atomic mass is 79.9. The summed E-state index contributed by atoms with van der Waals surface area (Å²) in [5.41, 5.74) is 2.84. The van der Waals surface area contributed by atoms with Gasteiger partial charge in [-0.05, 0) is 30.2 Å². The summed E-state index contributed by atoms with van der Waals surface area (Å²) < 4.78 is 0.948. The average Bonchev–Trinajstić information content (AvgIpc) is 2.64. The van der Waals surface area contributed by atoms with Crippen LogP contribution < -0.4 is 0 Å². The van der Waals surface area contributed by atoms with Crippen molar-refractivity contribution in [1.29, 1.82) is 0 Å². The molecule has 0 radical (unpaired) electrons. The number of fused-ring (bicyclic) bond motifs is 1. The van der Waals surface area contributed by atoms with Gasteiger partial charge in [0.25, 0.3) is 0 Å². The van der Waals surface area contributed by atoms with E-state index < -0.39 is 5.92 Å². The zero-order valence-electron chi connectivity index (χ0n) is 10.3. The van der Waals surface area contributed by atoms with Gasteiger partial charge < -0.3 is 0 Å². The van der Waals surface area contributed by atoms with Gasteiger partial charge in [-0.3, -0.25) is 9.59 Å². The van der Waals surface area contributed by atoms with Crippen LogP contribution in [0.3, 0.4) is 0 Å². The minimum atomic E-state index is -0.675. The van der Waals surface area contributed by atoms with Gasteiger partial charge in [-0.1, -0.05) is 46.3 Å². The van der Waals surface area contributed by atoms with Crippen molar-refractivity contribution >= 4 is 27.5 Å². The van der Waals surface area contributed by atoms with Crippen LogP contribution in [0.1, 0.15) is 37.8 Å². The molecule has 2 aromatic rings. The monoisotopic (exact) mass is 314 g/mol. The third-order valence-corrected chi connectivity index (χ3v) is 4.02. The molecule has 94 valence electrons. The van der Waals surface area contributed by atoms with E-state index in [1.165, 1.54) is 0 Å². The number of halogens is 1. The molecule has 0 aliphatic heterocycles. The van der Waals surface area contributed by atoms with E-state index in [-0.39, 0.29) is 11.6 Å². The SMILES string of the molecule is Cc1cc(Br)ccc1C1C(=O)c2ccccc2C1=O. The molecule has 3 heteroatoms. The number of carbonyl (C=O) groups excluding carboxylic acids is 2. The molecule has 0 spiro atoms. The molecule has 1 aliphatic rings. The van der Waals surface area contributed by atoms with Crippen LogP contribution in [-0.2, 0) is 0 Å². The fraction of sp³-hybridized carbons (Fsp3) is 0.125. The molecule has 0 N–H and O–H groups in total. The lowest BCUT2D eigenvalue weighted by molar-refractivity contribution is 0.0889. The highest BCUT2D eigenvalue weighted by Crippen LogP contribution is 2.35. The molecule has 0 aromatic heterocycles. The van der Waals surface area contributed by atoms with Gasteiger partial charge in [-0.15, -0.1) is 0 Å². The zero-order chi connectivity index (χ0) is 13.6. The summed E-state index contributed by atoms with van der Waals surface area (Å²) in [4.78, 5) is 24.8. The molecule has 0 saturated heterocycles. The number of rotatable bonds is 1. The number of benzene rings is 2. The maximum atomic E-state index is 12.4. The second-order valence-corrected chi connectivity index (χ2v) is 5.62. The molecular weight excluding hydrogens is 304 g/mol. The van der Waals surface area contributed by atoms with Crippen molar-refractivity contribution in [3.8, 4) is 0 Å². The number of Topliss-reactive ketones (excluding diaryl/α,β-unsaturated/α-hetero) is 2. The Kier molecular flexibility index (Phi) is 2.86. The van der Waals surface area contributed by atoms with Gasteiger partial charge in [0.05, 0.1) is 0 Å². The maximum Gasteiger partial charge on any atom is 0.178 e.